The Kier molecular flexibility index (Phi) is 1.46. The largest absolute Gasteiger partial charge is 0.481 e. The van der Waals surface area contributed by atoms with E-state index in [1.807, 2.05) is 13.1 Å². The Labute approximate surface area is 69.8 Å². The molecule has 0 aliphatic rings. The highest BCUT2D eigenvalue weighted by Gasteiger charge is 2.02. The van der Waals surface area contributed by atoms with Crippen molar-refractivity contribution in [3.05, 3.63) is 18.5 Å². The summed E-state index contributed by atoms with van der Waals surface area (Å²) in [6.45, 7) is 0. The van der Waals surface area contributed by atoms with Crippen molar-refractivity contribution in [3.63, 3.8) is 0 Å². The maximum absolute atomic E-state index is 4.98. The van der Waals surface area contributed by atoms with E-state index in [1.165, 1.54) is 0 Å². The lowest BCUT2D eigenvalue weighted by Gasteiger charge is -1.97. The highest BCUT2D eigenvalue weighted by atomic mass is 16.5. The molecule has 4 nitrogen and oxygen atoms in total. The molecule has 2 aromatic rings. The van der Waals surface area contributed by atoms with E-state index in [1.54, 1.807) is 17.7 Å². The first-order chi connectivity index (χ1) is 5.81. The van der Waals surface area contributed by atoms with Crippen molar-refractivity contribution >= 4 is 11.2 Å². The van der Waals surface area contributed by atoms with E-state index in [-0.39, 0.29) is 0 Å². The van der Waals surface area contributed by atoms with Crippen LogP contribution in [-0.4, -0.2) is 21.6 Å². The first kappa shape index (κ1) is 7.09. The molecule has 0 aliphatic carbocycles. The molecule has 0 saturated carbocycles. The minimum Gasteiger partial charge on any atom is -0.481 e. The SMILES string of the molecule is COc1ccc2n[c]n(C)c2n1. The molecular formula is C8H8N3O. The van der Waals surface area contributed by atoms with E-state index >= 15 is 0 Å². The molecule has 0 unspecified atom stereocenters. The third-order valence-corrected chi connectivity index (χ3v) is 1.68. The van der Waals surface area contributed by atoms with Crippen molar-refractivity contribution in [1.82, 2.24) is 14.5 Å². The van der Waals surface area contributed by atoms with Crippen LogP contribution in [0.2, 0.25) is 0 Å². The molecule has 12 heavy (non-hydrogen) atoms. The second-order valence-corrected chi connectivity index (χ2v) is 2.47. The van der Waals surface area contributed by atoms with Crippen molar-refractivity contribution in [1.29, 1.82) is 0 Å². The van der Waals surface area contributed by atoms with Gasteiger partial charge in [-0.05, 0) is 6.07 Å². The second kappa shape index (κ2) is 2.48. The monoisotopic (exact) mass is 162 g/mol. The summed E-state index contributed by atoms with van der Waals surface area (Å²) in [5, 5.41) is 0. The number of fused-ring (bicyclic) bond motifs is 1. The maximum atomic E-state index is 4.98. The van der Waals surface area contributed by atoms with E-state index in [4.69, 9.17) is 4.74 Å². The summed E-state index contributed by atoms with van der Waals surface area (Å²) in [5.74, 6) is 0.597. The molecule has 0 bridgehead atoms. The van der Waals surface area contributed by atoms with Gasteiger partial charge in [-0.3, -0.25) is 0 Å². The van der Waals surface area contributed by atoms with Crippen LogP contribution in [0.15, 0.2) is 12.1 Å². The van der Waals surface area contributed by atoms with Crippen LogP contribution in [0, 0.1) is 6.33 Å². The molecule has 4 heteroatoms. The smallest absolute Gasteiger partial charge is 0.215 e. The average Bonchev–Trinajstić information content (AvgIpc) is 2.47. The highest BCUT2D eigenvalue weighted by Crippen LogP contribution is 2.13. The highest BCUT2D eigenvalue weighted by molar-refractivity contribution is 5.70. The Balaban J connectivity index is 2.71. The van der Waals surface area contributed by atoms with Crippen LogP contribution < -0.4 is 4.74 Å². The summed E-state index contributed by atoms with van der Waals surface area (Å²) in [5.41, 5.74) is 1.62. The molecule has 0 N–H and O–H groups in total. The molecule has 0 aliphatic heterocycles. The minimum absolute atomic E-state index is 0.597. The lowest BCUT2D eigenvalue weighted by Crippen LogP contribution is -1.91. The number of hydrogen-bond acceptors (Lipinski definition) is 3. The predicted octanol–water partition coefficient (Wildman–Crippen LogP) is 0.777. The fraction of sp³-hybridized carbons (Fsp3) is 0.250. The number of imidazole rings is 1. The zero-order valence-electron chi connectivity index (χ0n) is 6.90. The normalized spacial score (nSPS) is 10.5. The van der Waals surface area contributed by atoms with Crippen LogP contribution in [0.4, 0.5) is 0 Å². The van der Waals surface area contributed by atoms with E-state index in [9.17, 15) is 0 Å². The molecule has 0 fully saturated rings. The van der Waals surface area contributed by atoms with Crippen molar-refractivity contribution in [3.8, 4) is 5.88 Å². The lowest BCUT2D eigenvalue weighted by atomic mass is 10.4. The molecule has 2 aromatic heterocycles. The van der Waals surface area contributed by atoms with Crippen molar-refractivity contribution in [2.24, 2.45) is 7.05 Å². The number of ether oxygens (including phenoxy) is 1. The molecule has 2 rings (SSSR count). The zero-order valence-corrected chi connectivity index (χ0v) is 6.90. The maximum Gasteiger partial charge on any atom is 0.215 e. The summed E-state index contributed by atoms with van der Waals surface area (Å²) < 4.78 is 6.71. The third-order valence-electron chi connectivity index (χ3n) is 1.68. The molecule has 2 heterocycles. The fourth-order valence-corrected chi connectivity index (χ4v) is 1.05. The van der Waals surface area contributed by atoms with Gasteiger partial charge in [-0.15, -0.1) is 0 Å². The average molecular weight is 162 g/mol. The van der Waals surface area contributed by atoms with Gasteiger partial charge in [0.25, 0.3) is 0 Å². The second-order valence-electron chi connectivity index (χ2n) is 2.47. The number of aryl methyl sites for hydroxylation is 1. The molecule has 0 atom stereocenters. The number of pyridine rings is 1. The Morgan fingerprint density at radius 1 is 1.50 bits per heavy atom. The Bertz CT molecular complexity index is 408. The van der Waals surface area contributed by atoms with Crippen LogP contribution in [0.3, 0.4) is 0 Å². The van der Waals surface area contributed by atoms with Crippen LogP contribution in [0.1, 0.15) is 0 Å². The van der Waals surface area contributed by atoms with Gasteiger partial charge in [0.05, 0.1) is 7.11 Å². The number of nitrogens with zero attached hydrogens (tertiary/aromatic N) is 3. The number of rotatable bonds is 1. The topological polar surface area (TPSA) is 39.9 Å². The van der Waals surface area contributed by atoms with Crippen LogP contribution in [-0.2, 0) is 7.05 Å². The Morgan fingerprint density at radius 3 is 3.08 bits per heavy atom. The molecule has 0 spiro atoms. The number of aromatic nitrogens is 3. The van der Waals surface area contributed by atoms with Crippen molar-refractivity contribution < 1.29 is 4.74 Å². The van der Waals surface area contributed by atoms with Crippen LogP contribution >= 0.6 is 0 Å². The summed E-state index contributed by atoms with van der Waals surface area (Å²) in [6, 6.07) is 3.64. The van der Waals surface area contributed by atoms with Gasteiger partial charge in [0, 0.05) is 13.1 Å². The van der Waals surface area contributed by atoms with Gasteiger partial charge in [-0.1, -0.05) is 0 Å². The quantitative estimate of drug-likeness (QED) is 0.622. The summed E-state index contributed by atoms with van der Waals surface area (Å²) in [4.78, 5) is 8.21. The van der Waals surface area contributed by atoms with Gasteiger partial charge in [0.15, 0.2) is 12.0 Å². The first-order valence-electron chi connectivity index (χ1n) is 3.56. The van der Waals surface area contributed by atoms with Gasteiger partial charge < -0.3 is 9.30 Å². The molecule has 0 saturated heterocycles. The number of hydrogen-bond donors (Lipinski definition) is 0. The third kappa shape index (κ3) is 0.922. The van der Waals surface area contributed by atoms with Gasteiger partial charge in [0.1, 0.15) is 5.52 Å². The molecular weight excluding hydrogens is 154 g/mol. The summed E-state index contributed by atoms with van der Waals surface area (Å²) in [7, 11) is 3.44. The van der Waals surface area contributed by atoms with Gasteiger partial charge >= 0.3 is 0 Å². The van der Waals surface area contributed by atoms with E-state index in [2.05, 4.69) is 16.3 Å². The predicted molar refractivity (Wildman–Crippen MR) is 43.9 cm³/mol. The summed E-state index contributed by atoms with van der Waals surface area (Å²) >= 11 is 0. The zero-order chi connectivity index (χ0) is 8.55. The van der Waals surface area contributed by atoms with Crippen LogP contribution in [0.25, 0.3) is 11.2 Å². The standard InChI is InChI=1S/C8H8N3O/c1-11-5-9-6-3-4-7(12-2)10-8(6)11/h3-4H,1-2H3. The van der Waals surface area contributed by atoms with E-state index in [0.29, 0.717) is 5.88 Å². The van der Waals surface area contributed by atoms with Crippen LogP contribution in [0.5, 0.6) is 5.88 Å². The van der Waals surface area contributed by atoms with E-state index in [0.717, 1.165) is 11.2 Å². The van der Waals surface area contributed by atoms with Gasteiger partial charge in [-0.25, -0.2) is 4.98 Å². The van der Waals surface area contributed by atoms with Crippen molar-refractivity contribution in [2.75, 3.05) is 7.11 Å². The lowest BCUT2D eigenvalue weighted by molar-refractivity contribution is 0.399. The fourth-order valence-electron chi connectivity index (χ4n) is 1.05. The molecule has 61 valence electrons. The number of methoxy groups -OCH3 is 1. The van der Waals surface area contributed by atoms with Gasteiger partial charge in [0.2, 0.25) is 5.88 Å². The minimum atomic E-state index is 0.597. The first-order valence-corrected chi connectivity index (χ1v) is 3.56. The van der Waals surface area contributed by atoms with Crippen molar-refractivity contribution in [2.45, 2.75) is 0 Å². The van der Waals surface area contributed by atoms with E-state index < -0.39 is 0 Å². The Morgan fingerprint density at radius 2 is 2.33 bits per heavy atom. The summed E-state index contributed by atoms with van der Waals surface area (Å²) in [6.07, 6.45) is 2.78. The molecule has 0 amide bonds. The Hall–Kier alpha value is -1.58. The molecule has 0 aromatic carbocycles. The van der Waals surface area contributed by atoms with Gasteiger partial charge in [-0.2, -0.15) is 4.98 Å². The molecule has 1 radical (unpaired) electrons.